The number of nitrogens with one attached hydrogen (secondary N) is 2. The number of H-pyrrole nitrogens is 1. The highest BCUT2D eigenvalue weighted by atomic mass is 32.2. The van der Waals surface area contributed by atoms with E-state index in [-0.39, 0.29) is 17.4 Å². The van der Waals surface area contributed by atoms with Crippen molar-refractivity contribution >= 4 is 23.5 Å². The Bertz CT molecular complexity index is 1340. The molecule has 0 radical (unpaired) electrons. The van der Waals surface area contributed by atoms with Crippen molar-refractivity contribution in [3.05, 3.63) is 75.9 Å². The van der Waals surface area contributed by atoms with Gasteiger partial charge in [-0.15, -0.1) is 11.8 Å². The summed E-state index contributed by atoms with van der Waals surface area (Å²) in [5, 5.41) is 7.50. The smallest absolute Gasteiger partial charge is 0.257 e. The van der Waals surface area contributed by atoms with Crippen LogP contribution in [0.15, 0.2) is 62.8 Å². The first-order valence-corrected chi connectivity index (χ1v) is 11.4. The molecule has 3 aromatic heterocycles. The standard InChI is InChI=1S/C23H21N5O3S/c1-2-32-19-11-4-3-7-15(19)22(30)25-20-13-17(18-10-6-12-31-18)27-28(20)23-24-16-9-5-8-14(16)21(29)26-23/h3-4,6-7,10-13H,2,5,8-9H2,1H3,(H,25,30)(H,24,26,29). The van der Waals surface area contributed by atoms with Gasteiger partial charge in [-0.05, 0) is 49.3 Å². The van der Waals surface area contributed by atoms with Crippen LogP contribution in [-0.4, -0.2) is 31.4 Å². The Kier molecular flexibility index (Phi) is 5.40. The van der Waals surface area contributed by atoms with Crippen LogP contribution in [0, 0.1) is 0 Å². The Morgan fingerprint density at radius 1 is 1.25 bits per heavy atom. The molecule has 1 aliphatic rings. The Balaban J connectivity index is 1.57. The van der Waals surface area contributed by atoms with Crippen LogP contribution in [0.5, 0.6) is 0 Å². The van der Waals surface area contributed by atoms with Crippen LogP contribution >= 0.6 is 11.8 Å². The molecule has 0 fully saturated rings. The number of anilines is 1. The predicted molar refractivity (Wildman–Crippen MR) is 122 cm³/mol. The minimum atomic E-state index is -0.266. The Morgan fingerprint density at radius 3 is 2.94 bits per heavy atom. The van der Waals surface area contributed by atoms with Gasteiger partial charge >= 0.3 is 0 Å². The van der Waals surface area contributed by atoms with Gasteiger partial charge in [0.1, 0.15) is 11.5 Å². The van der Waals surface area contributed by atoms with E-state index in [1.807, 2.05) is 25.1 Å². The van der Waals surface area contributed by atoms with E-state index in [4.69, 9.17) is 4.42 Å². The Hall–Kier alpha value is -3.59. The quantitative estimate of drug-likeness (QED) is 0.432. The van der Waals surface area contributed by atoms with Crippen molar-refractivity contribution in [2.45, 2.75) is 31.1 Å². The third-order valence-electron chi connectivity index (χ3n) is 5.29. The fraction of sp³-hybridized carbons (Fsp3) is 0.217. The van der Waals surface area contributed by atoms with Crippen molar-refractivity contribution in [2.75, 3.05) is 11.1 Å². The van der Waals surface area contributed by atoms with Crippen LogP contribution in [0.25, 0.3) is 17.4 Å². The Morgan fingerprint density at radius 2 is 2.12 bits per heavy atom. The number of aromatic amines is 1. The molecule has 0 unspecified atom stereocenters. The number of benzene rings is 1. The molecule has 0 spiro atoms. The average molecular weight is 448 g/mol. The molecule has 9 heteroatoms. The number of thioether (sulfide) groups is 1. The lowest BCUT2D eigenvalue weighted by atomic mass is 10.2. The number of rotatable bonds is 6. The summed E-state index contributed by atoms with van der Waals surface area (Å²) in [6.45, 7) is 2.04. The van der Waals surface area contributed by atoms with Crippen LogP contribution < -0.4 is 10.9 Å². The monoisotopic (exact) mass is 447 g/mol. The zero-order chi connectivity index (χ0) is 22.1. The topological polar surface area (TPSA) is 106 Å². The van der Waals surface area contributed by atoms with Crippen molar-refractivity contribution in [1.29, 1.82) is 0 Å². The summed E-state index contributed by atoms with van der Waals surface area (Å²) in [5.41, 5.74) is 2.43. The molecule has 1 aliphatic carbocycles. The molecule has 0 saturated carbocycles. The van der Waals surface area contributed by atoms with Gasteiger partial charge in [-0.25, -0.2) is 4.98 Å². The van der Waals surface area contributed by atoms with Crippen LogP contribution in [0.4, 0.5) is 5.82 Å². The van der Waals surface area contributed by atoms with Crippen LogP contribution in [0.1, 0.15) is 35.0 Å². The van der Waals surface area contributed by atoms with Gasteiger partial charge in [-0.1, -0.05) is 19.1 Å². The van der Waals surface area contributed by atoms with E-state index in [0.29, 0.717) is 22.8 Å². The maximum atomic E-state index is 13.2. The second-order valence-electron chi connectivity index (χ2n) is 7.36. The summed E-state index contributed by atoms with van der Waals surface area (Å²) in [7, 11) is 0. The lowest BCUT2D eigenvalue weighted by Gasteiger charge is -2.11. The summed E-state index contributed by atoms with van der Waals surface area (Å²) in [6.07, 6.45) is 3.94. The Labute approximate surface area is 188 Å². The zero-order valence-electron chi connectivity index (χ0n) is 17.4. The molecular formula is C23H21N5O3S. The van der Waals surface area contributed by atoms with Crippen molar-refractivity contribution in [3.63, 3.8) is 0 Å². The molecule has 32 heavy (non-hydrogen) atoms. The van der Waals surface area contributed by atoms with E-state index in [2.05, 4.69) is 20.4 Å². The summed E-state index contributed by atoms with van der Waals surface area (Å²) in [6, 6.07) is 12.7. The minimum absolute atomic E-state index is 0.167. The minimum Gasteiger partial charge on any atom is -0.463 e. The molecule has 5 rings (SSSR count). The molecule has 1 amide bonds. The van der Waals surface area contributed by atoms with Gasteiger partial charge in [0.25, 0.3) is 11.5 Å². The third kappa shape index (κ3) is 3.75. The summed E-state index contributed by atoms with van der Waals surface area (Å²) in [4.78, 5) is 34.1. The maximum absolute atomic E-state index is 13.2. The molecule has 0 saturated heterocycles. The molecule has 0 atom stereocenters. The number of furan rings is 1. The fourth-order valence-corrected chi connectivity index (χ4v) is 4.63. The highest BCUT2D eigenvalue weighted by Crippen LogP contribution is 2.27. The molecular weight excluding hydrogens is 426 g/mol. The van der Waals surface area contributed by atoms with Crippen molar-refractivity contribution in [3.8, 4) is 17.4 Å². The lowest BCUT2D eigenvalue weighted by molar-refractivity contribution is 0.102. The molecule has 2 N–H and O–H groups in total. The number of amides is 1. The van der Waals surface area contributed by atoms with Crippen LogP contribution in [0.2, 0.25) is 0 Å². The normalized spacial score (nSPS) is 12.7. The van der Waals surface area contributed by atoms with Gasteiger partial charge in [0.15, 0.2) is 5.76 Å². The SMILES string of the molecule is CCSc1ccccc1C(=O)Nc1cc(-c2ccco2)nn1-c1nc2c(c(=O)[nH]1)CCC2. The van der Waals surface area contributed by atoms with Gasteiger partial charge < -0.3 is 9.73 Å². The van der Waals surface area contributed by atoms with Crippen molar-refractivity contribution < 1.29 is 9.21 Å². The largest absolute Gasteiger partial charge is 0.463 e. The van der Waals surface area contributed by atoms with Gasteiger partial charge in [-0.3, -0.25) is 14.6 Å². The lowest BCUT2D eigenvalue weighted by Crippen LogP contribution is -2.21. The van der Waals surface area contributed by atoms with Gasteiger partial charge in [-0.2, -0.15) is 9.78 Å². The molecule has 1 aromatic carbocycles. The van der Waals surface area contributed by atoms with E-state index in [1.165, 1.54) is 4.68 Å². The third-order valence-corrected chi connectivity index (χ3v) is 6.24. The number of nitrogens with zero attached hydrogens (tertiary/aromatic N) is 3. The summed E-state index contributed by atoms with van der Waals surface area (Å²) < 4.78 is 6.93. The van der Waals surface area contributed by atoms with Crippen molar-refractivity contribution in [1.82, 2.24) is 19.7 Å². The first kappa shape index (κ1) is 20.3. The van der Waals surface area contributed by atoms with E-state index in [0.717, 1.165) is 41.2 Å². The summed E-state index contributed by atoms with van der Waals surface area (Å²) in [5.74, 6) is 1.78. The second-order valence-corrected chi connectivity index (χ2v) is 8.66. The number of aromatic nitrogens is 4. The van der Waals surface area contributed by atoms with E-state index in [1.54, 1.807) is 42.3 Å². The second kappa shape index (κ2) is 8.51. The molecule has 0 aliphatic heterocycles. The molecule has 3 heterocycles. The fourth-order valence-electron chi connectivity index (χ4n) is 3.82. The zero-order valence-corrected chi connectivity index (χ0v) is 18.2. The van der Waals surface area contributed by atoms with E-state index in [9.17, 15) is 9.59 Å². The highest BCUT2D eigenvalue weighted by molar-refractivity contribution is 7.99. The average Bonchev–Trinajstić information content (AvgIpc) is 3.55. The predicted octanol–water partition coefficient (Wildman–Crippen LogP) is 4.07. The number of carbonyl (C=O) groups excluding carboxylic acids is 1. The molecule has 8 nitrogen and oxygen atoms in total. The van der Waals surface area contributed by atoms with E-state index < -0.39 is 0 Å². The highest BCUT2D eigenvalue weighted by Gasteiger charge is 2.22. The molecule has 0 bridgehead atoms. The van der Waals surface area contributed by atoms with Crippen molar-refractivity contribution in [2.24, 2.45) is 0 Å². The number of hydrogen-bond acceptors (Lipinski definition) is 6. The molecule has 4 aromatic rings. The number of carbonyl (C=O) groups is 1. The van der Waals surface area contributed by atoms with Crippen LogP contribution in [0.3, 0.4) is 0 Å². The number of hydrogen-bond donors (Lipinski definition) is 2. The van der Waals surface area contributed by atoms with E-state index >= 15 is 0 Å². The molecule has 162 valence electrons. The van der Waals surface area contributed by atoms with Gasteiger partial charge in [0.05, 0.1) is 17.5 Å². The van der Waals surface area contributed by atoms with Crippen LogP contribution in [-0.2, 0) is 12.8 Å². The van der Waals surface area contributed by atoms with Gasteiger partial charge in [0.2, 0.25) is 5.95 Å². The summed E-state index contributed by atoms with van der Waals surface area (Å²) >= 11 is 1.60. The number of fused-ring (bicyclic) bond motifs is 1. The number of aryl methyl sites for hydroxylation is 1. The first-order valence-electron chi connectivity index (χ1n) is 10.4. The van der Waals surface area contributed by atoms with Gasteiger partial charge in [0, 0.05) is 16.5 Å². The maximum Gasteiger partial charge on any atom is 0.257 e. The first-order chi connectivity index (χ1) is 15.6.